The van der Waals surface area contributed by atoms with Gasteiger partial charge in [0.2, 0.25) is 0 Å². The Hall–Kier alpha value is -2.89. The van der Waals surface area contributed by atoms with Crippen LogP contribution in [0, 0.1) is 0 Å². The fourth-order valence-corrected chi connectivity index (χ4v) is 2.98. The van der Waals surface area contributed by atoms with Crippen molar-refractivity contribution in [2.24, 2.45) is 7.05 Å². The van der Waals surface area contributed by atoms with Crippen LogP contribution in [0.4, 0.5) is 0 Å². The summed E-state index contributed by atoms with van der Waals surface area (Å²) in [6, 6.07) is 9.60. The molecule has 1 aromatic carbocycles. The van der Waals surface area contributed by atoms with Crippen LogP contribution in [0.5, 0.6) is 5.75 Å². The monoisotopic (exact) mass is 323 g/mol. The lowest BCUT2D eigenvalue weighted by Crippen LogP contribution is -2.20. The summed E-state index contributed by atoms with van der Waals surface area (Å²) < 4.78 is 13.0. The molecule has 4 rings (SSSR count). The van der Waals surface area contributed by atoms with Crippen LogP contribution in [0.25, 0.3) is 11.2 Å². The van der Waals surface area contributed by atoms with Gasteiger partial charge in [-0.25, -0.2) is 14.8 Å². The van der Waals surface area contributed by atoms with E-state index in [9.17, 15) is 4.79 Å². The van der Waals surface area contributed by atoms with E-state index in [1.54, 1.807) is 12.4 Å². The summed E-state index contributed by atoms with van der Waals surface area (Å²) in [4.78, 5) is 20.8. The van der Waals surface area contributed by atoms with Gasteiger partial charge in [0, 0.05) is 24.7 Å². The third kappa shape index (κ3) is 2.60. The smallest absolute Gasteiger partial charge is 0.339 e. The van der Waals surface area contributed by atoms with E-state index in [1.807, 2.05) is 35.9 Å². The number of ether oxygens (including phenoxy) is 2. The van der Waals surface area contributed by atoms with E-state index < -0.39 is 0 Å². The molecule has 3 heterocycles. The van der Waals surface area contributed by atoms with Crippen molar-refractivity contribution in [3.05, 3.63) is 54.0 Å². The first-order chi connectivity index (χ1) is 11.7. The zero-order valence-electron chi connectivity index (χ0n) is 13.3. The highest BCUT2D eigenvalue weighted by molar-refractivity contribution is 5.92. The van der Waals surface area contributed by atoms with Crippen molar-refractivity contribution in [2.45, 2.75) is 12.3 Å². The Morgan fingerprint density at radius 1 is 1.38 bits per heavy atom. The van der Waals surface area contributed by atoms with Crippen molar-refractivity contribution >= 4 is 17.1 Å². The zero-order valence-corrected chi connectivity index (χ0v) is 13.3. The normalized spacial score (nSPS) is 16.5. The molecule has 1 unspecified atom stereocenters. The molecule has 0 bridgehead atoms. The molecule has 24 heavy (non-hydrogen) atoms. The van der Waals surface area contributed by atoms with Crippen molar-refractivity contribution in [1.82, 2.24) is 14.5 Å². The minimum Gasteiger partial charge on any atom is -0.493 e. The Morgan fingerprint density at radius 2 is 2.25 bits per heavy atom. The Balaban J connectivity index is 1.48. The fraction of sp³-hybridized carbons (Fsp3) is 0.278. The van der Waals surface area contributed by atoms with Crippen LogP contribution < -0.4 is 4.74 Å². The molecule has 6 heteroatoms. The molecule has 2 aromatic heterocycles. The van der Waals surface area contributed by atoms with E-state index in [-0.39, 0.29) is 11.9 Å². The van der Waals surface area contributed by atoms with Crippen LogP contribution in [0.2, 0.25) is 0 Å². The molecule has 0 saturated carbocycles. The number of para-hydroxylation sites is 1. The van der Waals surface area contributed by atoms with Crippen molar-refractivity contribution in [2.75, 3.05) is 13.2 Å². The number of hydrogen-bond donors (Lipinski definition) is 0. The summed E-state index contributed by atoms with van der Waals surface area (Å²) >= 11 is 0. The van der Waals surface area contributed by atoms with Gasteiger partial charge in [0.1, 0.15) is 11.3 Å². The van der Waals surface area contributed by atoms with Gasteiger partial charge in [0.25, 0.3) is 0 Å². The van der Waals surface area contributed by atoms with E-state index in [1.165, 1.54) is 6.20 Å². The Morgan fingerprint density at radius 3 is 3.17 bits per heavy atom. The maximum Gasteiger partial charge on any atom is 0.339 e. The van der Waals surface area contributed by atoms with Crippen LogP contribution in [0.3, 0.4) is 0 Å². The first-order valence-electron chi connectivity index (χ1n) is 7.88. The molecule has 0 N–H and O–H groups in total. The average Bonchev–Trinajstić information content (AvgIpc) is 3.00. The molecule has 0 spiro atoms. The van der Waals surface area contributed by atoms with Crippen LogP contribution in [0.1, 0.15) is 28.3 Å². The third-order valence-corrected chi connectivity index (χ3v) is 4.29. The summed E-state index contributed by atoms with van der Waals surface area (Å²) in [5, 5.41) is 0. The second-order valence-corrected chi connectivity index (χ2v) is 5.89. The summed E-state index contributed by atoms with van der Waals surface area (Å²) in [6.45, 7) is 0.972. The quantitative estimate of drug-likeness (QED) is 0.693. The number of imidazole rings is 1. The van der Waals surface area contributed by atoms with E-state index in [0.717, 1.165) is 23.4 Å². The van der Waals surface area contributed by atoms with Gasteiger partial charge in [-0.05, 0) is 18.6 Å². The van der Waals surface area contributed by atoms with Crippen LogP contribution in [0.15, 0.2) is 42.9 Å². The van der Waals surface area contributed by atoms with Crippen LogP contribution in [-0.4, -0.2) is 33.7 Å². The lowest BCUT2D eigenvalue weighted by atomic mass is 9.94. The highest BCUT2D eigenvalue weighted by Gasteiger charge is 2.23. The lowest BCUT2D eigenvalue weighted by molar-refractivity contribution is 0.0459. The number of nitrogens with zero attached hydrogens (tertiary/aromatic N) is 3. The first kappa shape index (κ1) is 14.7. The molecule has 0 aliphatic carbocycles. The van der Waals surface area contributed by atoms with Gasteiger partial charge in [-0.2, -0.15) is 0 Å². The summed E-state index contributed by atoms with van der Waals surface area (Å²) in [5.41, 5.74) is 2.93. The molecule has 6 nitrogen and oxygen atoms in total. The molecular formula is C18H17N3O3. The fourth-order valence-electron chi connectivity index (χ4n) is 2.98. The Labute approximate surface area is 139 Å². The van der Waals surface area contributed by atoms with Gasteiger partial charge in [-0.1, -0.05) is 18.2 Å². The lowest BCUT2D eigenvalue weighted by Gasteiger charge is -2.25. The van der Waals surface area contributed by atoms with E-state index >= 15 is 0 Å². The van der Waals surface area contributed by atoms with Gasteiger partial charge >= 0.3 is 5.97 Å². The second-order valence-electron chi connectivity index (χ2n) is 5.89. The van der Waals surface area contributed by atoms with Gasteiger partial charge in [0.15, 0.2) is 5.65 Å². The predicted molar refractivity (Wildman–Crippen MR) is 88.1 cm³/mol. The van der Waals surface area contributed by atoms with Crippen molar-refractivity contribution in [1.29, 1.82) is 0 Å². The minimum atomic E-state index is -0.376. The number of pyridine rings is 1. The highest BCUT2D eigenvalue weighted by Crippen LogP contribution is 2.33. The first-order valence-corrected chi connectivity index (χ1v) is 7.88. The number of esters is 1. The number of aromatic nitrogens is 3. The van der Waals surface area contributed by atoms with Crippen molar-refractivity contribution < 1.29 is 14.3 Å². The minimum absolute atomic E-state index is 0.158. The molecule has 0 amide bonds. The van der Waals surface area contributed by atoms with Crippen molar-refractivity contribution in [3.8, 4) is 5.75 Å². The highest BCUT2D eigenvalue weighted by atomic mass is 16.5. The maximum absolute atomic E-state index is 12.3. The molecule has 122 valence electrons. The number of hydrogen-bond acceptors (Lipinski definition) is 5. The van der Waals surface area contributed by atoms with E-state index in [4.69, 9.17) is 9.47 Å². The summed E-state index contributed by atoms with van der Waals surface area (Å²) in [7, 11) is 1.86. The number of aryl methyl sites for hydroxylation is 1. The number of carbonyl (C=O) groups excluding carboxylic acids is 1. The molecule has 0 saturated heterocycles. The Kier molecular flexibility index (Phi) is 3.65. The topological polar surface area (TPSA) is 66.2 Å². The molecule has 1 atom stereocenters. The molecule has 1 aliphatic rings. The van der Waals surface area contributed by atoms with Gasteiger partial charge in [0.05, 0.1) is 25.1 Å². The van der Waals surface area contributed by atoms with Gasteiger partial charge in [-0.3, -0.25) is 0 Å². The molecule has 3 aromatic rings. The number of fused-ring (bicyclic) bond motifs is 2. The number of carbonyl (C=O) groups is 1. The maximum atomic E-state index is 12.3. The van der Waals surface area contributed by atoms with E-state index in [2.05, 4.69) is 9.97 Å². The Bertz CT molecular complexity index is 903. The average molecular weight is 323 g/mol. The summed E-state index contributed by atoms with van der Waals surface area (Å²) in [5.74, 6) is 0.658. The number of benzene rings is 1. The predicted octanol–water partition coefficient (Wildman–Crippen LogP) is 2.69. The second kappa shape index (κ2) is 5.96. The van der Waals surface area contributed by atoms with Crippen LogP contribution in [-0.2, 0) is 11.8 Å². The number of rotatable bonds is 3. The standard InChI is InChI=1S/C18H17N3O3/c1-21-11-20-15-8-13(9-19-17(15)21)18(22)24-10-12-6-7-23-16-5-3-2-4-14(12)16/h2-5,8-9,11-12H,6-7,10H2,1H3. The molecule has 0 fully saturated rings. The zero-order chi connectivity index (χ0) is 16.5. The molecule has 0 radical (unpaired) electrons. The summed E-state index contributed by atoms with van der Waals surface area (Å²) in [6.07, 6.45) is 4.04. The van der Waals surface area contributed by atoms with E-state index in [0.29, 0.717) is 24.3 Å². The van der Waals surface area contributed by atoms with Gasteiger partial charge < -0.3 is 14.0 Å². The molecular weight excluding hydrogens is 306 g/mol. The SMILES string of the molecule is Cn1cnc2cc(C(=O)OCC3CCOc4ccccc43)cnc21. The third-order valence-electron chi connectivity index (χ3n) is 4.29. The van der Waals surface area contributed by atoms with Crippen LogP contribution >= 0.6 is 0 Å². The largest absolute Gasteiger partial charge is 0.493 e. The van der Waals surface area contributed by atoms with Gasteiger partial charge in [-0.15, -0.1) is 0 Å². The molecule has 1 aliphatic heterocycles. The van der Waals surface area contributed by atoms with Crippen molar-refractivity contribution in [3.63, 3.8) is 0 Å².